The van der Waals surface area contributed by atoms with E-state index in [2.05, 4.69) is 20.6 Å². The monoisotopic (exact) mass is 422 g/mol. The highest BCUT2D eigenvalue weighted by molar-refractivity contribution is 5.76. The number of hydrogen-bond donors (Lipinski definition) is 1. The summed E-state index contributed by atoms with van der Waals surface area (Å²) < 4.78 is 21.3. The summed E-state index contributed by atoms with van der Waals surface area (Å²) in [7, 11) is 0. The summed E-state index contributed by atoms with van der Waals surface area (Å²) in [5.74, 6) is -0.302. The largest absolute Gasteiger partial charge is 0.352 e. The van der Waals surface area contributed by atoms with Crippen LogP contribution < -0.4 is 11.0 Å². The lowest BCUT2D eigenvalue weighted by molar-refractivity contribution is -0.122. The first-order valence-corrected chi connectivity index (χ1v) is 10.1. The van der Waals surface area contributed by atoms with E-state index < -0.39 is 11.5 Å². The molecule has 0 atom stereocenters. The van der Waals surface area contributed by atoms with Gasteiger partial charge in [-0.05, 0) is 37.1 Å². The second-order valence-electron chi connectivity index (χ2n) is 7.54. The van der Waals surface area contributed by atoms with E-state index in [4.69, 9.17) is 4.52 Å². The normalized spacial score (nSPS) is 14.4. The Morgan fingerprint density at radius 2 is 2.06 bits per heavy atom. The summed E-state index contributed by atoms with van der Waals surface area (Å²) >= 11 is 0. The van der Waals surface area contributed by atoms with Gasteiger partial charge in [0.1, 0.15) is 12.4 Å². The van der Waals surface area contributed by atoms with Crippen LogP contribution in [0.15, 0.2) is 51.9 Å². The number of pyridine rings is 1. The minimum Gasteiger partial charge on any atom is -0.352 e. The molecule has 1 amide bonds. The maximum atomic E-state index is 13.5. The first-order chi connectivity index (χ1) is 15.1. The van der Waals surface area contributed by atoms with Crippen LogP contribution in [0.4, 0.5) is 4.39 Å². The van der Waals surface area contributed by atoms with E-state index in [9.17, 15) is 14.0 Å². The predicted molar refractivity (Wildman–Crippen MR) is 109 cm³/mol. The number of nitrogens with zero attached hydrogens (tertiary/aromatic N) is 5. The second kappa shape index (κ2) is 7.78. The van der Waals surface area contributed by atoms with Gasteiger partial charge in [-0.1, -0.05) is 30.1 Å². The van der Waals surface area contributed by atoms with Crippen molar-refractivity contribution in [1.29, 1.82) is 0 Å². The van der Waals surface area contributed by atoms with E-state index in [-0.39, 0.29) is 35.9 Å². The third kappa shape index (κ3) is 3.72. The number of amides is 1. The van der Waals surface area contributed by atoms with Crippen LogP contribution in [0.1, 0.15) is 25.7 Å². The minimum atomic E-state index is -0.441. The van der Waals surface area contributed by atoms with E-state index in [0.29, 0.717) is 11.1 Å². The third-order valence-corrected chi connectivity index (χ3v) is 5.36. The molecule has 1 aliphatic rings. The molecule has 0 unspecified atom stereocenters. The molecule has 9 nitrogen and oxygen atoms in total. The van der Waals surface area contributed by atoms with Gasteiger partial charge in [0.2, 0.25) is 11.7 Å². The van der Waals surface area contributed by atoms with Gasteiger partial charge in [-0.15, -0.1) is 5.10 Å². The SMILES string of the molecule is O=C(Cn1nc2c(-c3nc(-c4cccc(F)c4)no3)cccn2c1=O)NC1CCCC1. The van der Waals surface area contributed by atoms with Crippen LogP contribution >= 0.6 is 0 Å². The number of benzene rings is 1. The lowest BCUT2D eigenvalue weighted by Crippen LogP contribution is -2.37. The maximum Gasteiger partial charge on any atom is 0.350 e. The van der Waals surface area contributed by atoms with Crippen molar-refractivity contribution in [1.82, 2.24) is 29.6 Å². The van der Waals surface area contributed by atoms with Crippen molar-refractivity contribution in [3.8, 4) is 22.8 Å². The first kappa shape index (κ1) is 19.2. The van der Waals surface area contributed by atoms with Gasteiger partial charge in [0.25, 0.3) is 5.89 Å². The second-order valence-corrected chi connectivity index (χ2v) is 7.54. The number of hydrogen-bond acceptors (Lipinski definition) is 6. The van der Waals surface area contributed by atoms with Crippen molar-refractivity contribution < 1.29 is 13.7 Å². The lowest BCUT2D eigenvalue weighted by atomic mass is 10.2. The van der Waals surface area contributed by atoms with Crippen molar-refractivity contribution in [2.75, 3.05) is 0 Å². The summed E-state index contributed by atoms with van der Waals surface area (Å²) in [5.41, 5.74) is 0.747. The Balaban J connectivity index is 1.46. The van der Waals surface area contributed by atoms with Gasteiger partial charge in [0.15, 0.2) is 5.65 Å². The van der Waals surface area contributed by atoms with Crippen molar-refractivity contribution in [2.24, 2.45) is 0 Å². The fourth-order valence-electron chi connectivity index (χ4n) is 3.87. The molecule has 3 heterocycles. The Labute approximate surface area is 175 Å². The Hall–Kier alpha value is -3.82. The molecule has 4 aromatic rings. The van der Waals surface area contributed by atoms with Gasteiger partial charge in [0, 0.05) is 17.8 Å². The number of carbonyl (C=O) groups is 1. The molecule has 0 spiro atoms. The molecule has 3 aromatic heterocycles. The summed E-state index contributed by atoms with van der Waals surface area (Å²) in [6.07, 6.45) is 5.68. The highest BCUT2D eigenvalue weighted by Crippen LogP contribution is 2.25. The van der Waals surface area contributed by atoms with Crippen LogP contribution in [0.3, 0.4) is 0 Å². The molecule has 0 radical (unpaired) electrons. The van der Waals surface area contributed by atoms with Crippen molar-refractivity contribution in [3.63, 3.8) is 0 Å². The lowest BCUT2D eigenvalue weighted by Gasteiger charge is -2.10. The predicted octanol–water partition coefficient (Wildman–Crippen LogP) is 2.41. The minimum absolute atomic E-state index is 0.136. The number of nitrogens with one attached hydrogen (secondary N) is 1. The molecule has 10 heteroatoms. The molecule has 158 valence electrons. The highest BCUT2D eigenvalue weighted by atomic mass is 19.1. The highest BCUT2D eigenvalue weighted by Gasteiger charge is 2.21. The number of carbonyl (C=O) groups excluding carboxylic acids is 1. The van der Waals surface area contributed by atoms with Crippen molar-refractivity contribution in [2.45, 2.75) is 38.3 Å². The molecular formula is C21H19FN6O3. The number of fused-ring (bicyclic) bond motifs is 1. The van der Waals surface area contributed by atoms with Crippen LogP contribution in [-0.4, -0.2) is 36.3 Å². The zero-order valence-electron chi connectivity index (χ0n) is 16.5. The topological polar surface area (TPSA) is 107 Å². The van der Waals surface area contributed by atoms with E-state index in [1.807, 2.05) is 0 Å². The summed E-state index contributed by atoms with van der Waals surface area (Å²) in [6, 6.07) is 9.36. The standard InChI is InChI=1S/C21H19FN6O3/c22-14-6-3-5-13(11-14)18-24-20(31-26-18)16-9-4-10-27-19(16)25-28(21(27)30)12-17(29)23-15-7-1-2-8-15/h3-6,9-11,15H,1-2,7-8,12H2,(H,23,29). The molecule has 0 saturated heterocycles. The number of aromatic nitrogens is 5. The van der Waals surface area contributed by atoms with Gasteiger partial charge < -0.3 is 9.84 Å². The molecule has 1 aliphatic carbocycles. The van der Waals surface area contributed by atoms with Crippen molar-refractivity contribution in [3.05, 3.63) is 58.9 Å². The summed E-state index contributed by atoms with van der Waals surface area (Å²) in [4.78, 5) is 29.4. The molecule has 5 rings (SSSR count). The van der Waals surface area contributed by atoms with E-state index in [0.717, 1.165) is 30.4 Å². The fourth-order valence-corrected chi connectivity index (χ4v) is 3.87. The Morgan fingerprint density at radius 1 is 1.23 bits per heavy atom. The van der Waals surface area contributed by atoms with Gasteiger partial charge in [0.05, 0.1) is 5.56 Å². The van der Waals surface area contributed by atoms with Crippen LogP contribution in [0.5, 0.6) is 0 Å². The third-order valence-electron chi connectivity index (χ3n) is 5.36. The van der Waals surface area contributed by atoms with E-state index in [1.165, 1.54) is 16.5 Å². The van der Waals surface area contributed by atoms with Crippen LogP contribution in [0.25, 0.3) is 28.5 Å². The molecule has 1 saturated carbocycles. The number of halogens is 1. The average molecular weight is 422 g/mol. The van der Waals surface area contributed by atoms with Gasteiger partial charge in [-0.25, -0.2) is 18.3 Å². The smallest absolute Gasteiger partial charge is 0.350 e. The average Bonchev–Trinajstić information content (AvgIpc) is 3.50. The molecule has 0 aliphatic heterocycles. The van der Waals surface area contributed by atoms with Gasteiger partial charge in [-0.2, -0.15) is 4.98 Å². The molecule has 31 heavy (non-hydrogen) atoms. The van der Waals surface area contributed by atoms with E-state index in [1.54, 1.807) is 30.5 Å². The Bertz CT molecular complexity index is 1320. The maximum absolute atomic E-state index is 13.5. The molecule has 1 aromatic carbocycles. The van der Waals surface area contributed by atoms with Gasteiger partial charge in [-0.3, -0.25) is 4.79 Å². The quantitative estimate of drug-likeness (QED) is 0.529. The molecule has 1 N–H and O–H groups in total. The molecule has 1 fully saturated rings. The van der Waals surface area contributed by atoms with Crippen LogP contribution in [0.2, 0.25) is 0 Å². The molecular weight excluding hydrogens is 403 g/mol. The van der Waals surface area contributed by atoms with Crippen LogP contribution in [0, 0.1) is 5.82 Å². The summed E-state index contributed by atoms with van der Waals surface area (Å²) in [5, 5.41) is 11.2. The van der Waals surface area contributed by atoms with Gasteiger partial charge >= 0.3 is 5.69 Å². The summed E-state index contributed by atoms with van der Waals surface area (Å²) in [6.45, 7) is -0.172. The Kier molecular flexibility index (Phi) is 4.81. The van der Waals surface area contributed by atoms with Crippen molar-refractivity contribution >= 4 is 11.6 Å². The Morgan fingerprint density at radius 3 is 2.87 bits per heavy atom. The van der Waals surface area contributed by atoms with E-state index >= 15 is 0 Å². The zero-order valence-corrected chi connectivity index (χ0v) is 16.5. The zero-order chi connectivity index (χ0) is 21.4. The van der Waals surface area contributed by atoms with Crippen LogP contribution in [-0.2, 0) is 11.3 Å². The number of rotatable bonds is 5. The fraction of sp³-hybridized carbons (Fsp3) is 0.286. The molecule has 0 bridgehead atoms. The first-order valence-electron chi connectivity index (χ1n) is 10.1.